The number of pyridine rings is 1. The van der Waals surface area contributed by atoms with Gasteiger partial charge in [-0.3, -0.25) is 0 Å². The number of halogens is 1. The summed E-state index contributed by atoms with van der Waals surface area (Å²) in [6.07, 6.45) is 2.00. The van der Waals surface area contributed by atoms with Gasteiger partial charge in [-0.25, -0.2) is 4.98 Å². The molecule has 0 amide bonds. The molecule has 1 aromatic heterocycles. The number of fused-ring (bicyclic) bond motifs is 1. The maximum absolute atomic E-state index is 9.54. The molecular weight excluding hydrogens is 282 g/mol. The van der Waals surface area contributed by atoms with Crippen molar-refractivity contribution in [1.29, 1.82) is 0 Å². The Morgan fingerprint density at radius 3 is 2.71 bits per heavy atom. The van der Waals surface area contributed by atoms with E-state index in [-0.39, 0.29) is 5.75 Å². The van der Waals surface area contributed by atoms with E-state index in [0.29, 0.717) is 5.02 Å². The van der Waals surface area contributed by atoms with Crippen molar-refractivity contribution < 1.29 is 5.11 Å². The summed E-state index contributed by atoms with van der Waals surface area (Å²) in [5.41, 5.74) is 3.76. The Bertz CT molecular complexity index is 839. The van der Waals surface area contributed by atoms with Gasteiger partial charge in [0.25, 0.3) is 0 Å². The summed E-state index contributed by atoms with van der Waals surface area (Å²) in [5, 5.41) is 11.3. The second-order valence-electron chi connectivity index (χ2n) is 4.95. The van der Waals surface area contributed by atoms with Crippen LogP contribution in [0.5, 0.6) is 5.75 Å². The lowest BCUT2D eigenvalue weighted by Gasteiger charge is -2.04. The fraction of sp³-hybridized carbons (Fsp3) is 0.0556. The van der Waals surface area contributed by atoms with Crippen molar-refractivity contribution in [2.75, 3.05) is 0 Å². The van der Waals surface area contributed by atoms with Crippen LogP contribution in [0.1, 0.15) is 18.2 Å². The molecule has 3 aromatic rings. The minimum atomic E-state index is 0.263. The average molecular weight is 296 g/mol. The molecule has 0 fully saturated rings. The van der Waals surface area contributed by atoms with E-state index in [1.54, 1.807) is 12.1 Å². The number of aromatic hydroxyl groups is 1. The highest BCUT2D eigenvalue weighted by Crippen LogP contribution is 2.23. The molecule has 1 N–H and O–H groups in total. The van der Waals surface area contributed by atoms with E-state index in [4.69, 9.17) is 11.6 Å². The summed E-state index contributed by atoms with van der Waals surface area (Å²) >= 11 is 6.01. The zero-order valence-electron chi connectivity index (χ0n) is 11.5. The molecule has 0 bridgehead atoms. The van der Waals surface area contributed by atoms with E-state index in [2.05, 4.69) is 4.98 Å². The van der Waals surface area contributed by atoms with E-state index < -0.39 is 0 Å². The van der Waals surface area contributed by atoms with Crippen molar-refractivity contribution >= 4 is 34.2 Å². The molecule has 0 saturated carbocycles. The molecule has 0 saturated heterocycles. The maximum atomic E-state index is 9.54. The summed E-state index contributed by atoms with van der Waals surface area (Å²) in [6, 6.07) is 16.9. The van der Waals surface area contributed by atoms with E-state index in [1.165, 1.54) is 0 Å². The third-order valence-electron chi connectivity index (χ3n) is 3.34. The standard InChI is InChI=1S/C18H14ClNO/c1-12(14-3-2-4-17(21)10-14)9-16-8-6-13-5-7-15(19)11-18(13)20-16/h2-11,21H,1H3/b12-9+. The van der Waals surface area contributed by atoms with Gasteiger partial charge in [-0.15, -0.1) is 0 Å². The summed E-state index contributed by atoms with van der Waals surface area (Å²) in [4.78, 5) is 4.60. The lowest BCUT2D eigenvalue weighted by Crippen LogP contribution is -1.85. The van der Waals surface area contributed by atoms with Gasteiger partial charge in [-0.05, 0) is 54.5 Å². The number of allylic oxidation sites excluding steroid dienone is 1. The monoisotopic (exact) mass is 295 g/mol. The highest BCUT2D eigenvalue weighted by molar-refractivity contribution is 6.31. The van der Waals surface area contributed by atoms with Crippen LogP contribution in [0.2, 0.25) is 5.02 Å². The number of aromatic nitrogens is 1. The number of benzene rings is 2. The predicted molar refractivity (Wildman–Crippen MR) is 88.4 cm³/mol. The molecule has 1 heterocycles. The molecule has 21 heavy (non-hydrogen) atoms. The molecule has 0 aliphatic rings. The van der Waals surface area contributed by atoms with Gasteiger partial charge in [0.15, 0.2) is 0 Å². The van der Waals surface area contributed by atoms with Crippen LogP contribution < -0.4 is 0 Å². The van der Waals surface area contributed by atoms with E-state index in [1.807, 2.05) is 55.5 Å². The first-order valence-electron chi connectivity index (χ1n) is 6.66. The van der Waals surface area contributed by atoms with Gasteiger partial charge in [0.2, 0.25) is 0 Å². The molecule has 0 unspecified atom stereocenters. The Morgan fingerprint density at radius 2 is 1.90 bits per heavy atom. The van der Waals surface area contributed by atoms with Gasteiger partial charge in [0.05, 0.1) is 11.2 Å². The van der Waals surface area contributed by atoms with Crippen LogP contribution in [-0.2, 0) is 0 Å². The molecule has 0 aliphatic carbocycles. The molecule has 0 radical (unpaired) electrons. The van der Waals surface area contributed by atoms with Crippen LogP contribution in [0.15, 0.2) is 54.6 Å². The fourth-order valence-corrected chi connectivity index (χ4v) is 2.41. The summed E-state index contributed by atoms with van der Waals surface area (Å²) < 4.78 is 0. The number of phenolic OH excluding ortho intramolecular Hbond substituents is 1. The number of nitrogens with zero attached hydrogens (tertiary/aromatic N) is 1. The zero-order valence-corrected chi connectivity index (χ0v) is 12.3. The Kier molecular flexibility index (Phi) is 3.63. The average Bonchev–Trinajstić information content (AvgIpc) is 2.46. The second kappa shape index (κ2) is 5.58. The lowest BCUT2D eigenvalue weighted by atomic mass is 10.1. The fourth-order valence-electron chi connectivity index (χ4n) is 2.24. The maximum Gasteiger partial charge on any atom is 0.116 e. The Hall–Kier alpha value is -2.32. The van der Waals surface area contributed by atoms with Crippen molar-refractivity contribution in [1.82, 2.24) is 4.98 Å². The van der Waals surface area contributed by atoms with Crippen LogP contribution in [0.3, 0.4) is 0 Å². The van der Waals surface area contributed by atoms with Crippen molar-refractivity contribution in [3.05, 3.63) is 70.9 Å². The highest BCUT2D eigenvalue weighted by Gasteiger charge is 2.01. The first-order valence-corrected chi connectivity index (χ1v) is 7.04. The summed E-state index contributed by atoms with van der Waals surface area (Å²) in [6.45, 7) is 2.00. The zero-order chi connectivity index (χ0) is 14.8. The number of phenols is 1. The van der Waals surface area contributed by atoms with Crippen molar-refractivity contribution in [3.63, 3.8) is 0 Å². The molecule has 0 aliphatic heterocycles. The minimum absolute atomic E-state index is 0.263. The number of rotatable bonds is 2. The van der Waals surface area contributed by atoms with Gasteiger partial charge < -0.3 is 5.11 Å². The number of hydrogen-bond acceptors (Lipinski definition) is 2. The normalized spacial score (nSPS) is 11.8. The third kappa shape index (κ3) is 3.06. The first kappa shape index (κ1) is 13.7. The lowest BCUT2D eigenvalue weighted by molar-refractivity contribution is 0.475. The number of hydrogen-bond donors (Lipinski definition) is 1. The van der Waals surface area contributed by atoms with Crippen LogP contribution in [0, 0.1) is 0 Å². The molecule has 104 valence electrons. The van der Waals surface area contributed by atoms with Gasteiger partial charge in [-0.2, -0.15) is 0 Å². The molecule has 2 aromatic carbocycles. The van der Waals surface area contributed by atoms with E-state index >= 15 is 0 Å². The van der Waals surface area contributed by atoms with Gasteiger partial charge >= 0.3 is 0 Å². The SMILES string of the molecule is C/C(=C\c1ccc2ccc(Cl)cc2n1)c1cccc(O)c1. The highest BCUT2D eigenvalue weighted by atomic mass is 35.5. The van der Waals surface area contributed by atoms with Gasteiger partial charge in [0.1, 0.15) is 5.75 Å². The third-order valence-corrected chi connectivity index (χ3v) is 3.58. The topological polar surface area (TPSA) is 33.1 Å². The molecule has 0 spiro atoms. The second-order valence-corrected chi connectivity index (χ2v) is 5.39. The molecule has 2 nitrogen and oxygen atoms in total. The van der Waals surface area contributed by atoms with Crippen LogP contribution in [0.25, 0.3) is 22.6 Å². The van der Waals surface area contributed by atoms with Crippen LogP contribution >= 0.6 is 11.6 Å². The molecule has 0 atom stereocenters. The van der Waals surface area contributed by atoms with Gasteiger partial charge in [0, 0.05) is 10.4 Å². The van der Waals surface area contributed by atoms with E-state index in [0.717, 1.165) is 27.7 Å². The Morgan fingerprint density at radius 1 is 1.10 bits per heavy atom. The van der Waals surface area contributed by atoms with Crippen LogP contribution in [0.4, 0.5) is 0 Å². The van der Waals surface area contributed by atoms with Crippen molar-refractivity contribution in [3.8, 4) is 5.75 Å². The summed E-state index contributed by atoms with van der Waals surface area (Å²) in [7, 11) is 0. The Balaban J connectivity index is 2.02. The Labute approximate surface area is 128 Å². The largest absolute Gasteiger partial charge is 0.508 e. The smallest absolute Gasteiger partial charge is 0.116 e. The minimum Gasteiger partial charge on any atom is -0.508 e. The predicted octanol–water partition coefficient (Wildman–Crippen LogP) is 5.15. The molecule has 3 rings (SSSR count). The van der Waals surface area contributed by atoms with E-state index in [9.17, 15) is 5.11 Å². The van der Waals surface area contributed by atoms with Crippen molar-refractivity contribution in [2.24, 2.45) is 0 Å². The molecule has 3 heteroatoms. The summed E-state index contributed by atoms with van der Waals surface area (Å²) in [5.74, 6) is 0.263. The van der Waals surface area contributed by atoms with Crippen LogP contribution in [-0.4, -0.2) is 10.1 Å². The van der Waals surface area contributed by atoms with Gasteiger partial charge in [-0.1, -0.05) is 35.9 Å². The van der Waals surface area contributed by atoms with Crippen molar-refractivity contribution in [2.45, 2.75) is 6.92 Å². The first-order chi connectivity index (χ1) is 10.1. The quantitative estimate of drug-likeness (QED) is 0.709. The molecular formula is C18H14ClNO.